The molecule has 5 rings (SSSR count). The molecule has 6 heteroatoms. The Kier molecular flexibility index (Phi) is 3.20. The van der Waals surface area contributed by atoms with E-state index in [9.17, 15) is 8.42 Å². The van der Waals surface area contributed by atoms with Crippen molar-refractivity contribution in [3.63, 3.8) is 0 Å². The van der Waals surface area contributed by atoms with E-state index in [0.717, 1.165) is 29.0 Å². The molecule has 0 amide bonds. The molecule has 2 atom stereocenters. The van der Waals surface area contributed by atoms with Crippen molar-refractivity contribution in [2.24, 2.45) is 0 Å². The van der Waals surface area contributed by atoms with E-state index in [1.807, 2.05) is 30.3 Å². The second-order valence-electron chi connectivity index (χ2n) is 6.73. The van der Waals surface area contributed by atoms with E-state index in [4.69, 9.17) is 8.83 Å². The van der Waals surface area contributed by atoms with Gasteiger partial charge in [0.1, 0.15) is 5.76 Å². The van der Waals surface area contributed by atoms with Crippen LogP contribution in [0.2, 0.25) is 0 Å². The van der Waals surface area contributed by atoms with Gasteiger partial charge < -0.3 is 8.83 Å². The summed E-state index contributed by atoms with van der Waals surface area (Å²) in [6.45, 7) is 1.92. The third kappa shape index (κ3) is 2.28. The molecule has 1 aromatic carbocycles. The van der Waals surface area contributed by atoms with Crippen LogP contribution < -0.4 is 0 Å². The molecule has 0 saturated carbocycles. The average Bonchev–Trinajstić information content (AvgIpc) is 3.37. The number of likely N-dealkylation sites (tertiary alicyclic amines) is 1. The van der Waals surface area contributed by atoms with Gasteiger partial charge in [-0.1, -0.05) is 6.07 Å². The highest BCUT2D eigenvalue weighted by Crippen LogP contribution is 2.46. The Bertz CT molecular complexity index is 1010. The van der Waals surface area contributed by atoms with Crippen molar-refractivity contribution < 1.29 is 17.3 Å². The standard InChI is InChI=1S/C19H17NO4S/c21-25(22)18-4-3-13(14-5-7-23-12-14)8-16(18)17-10-20(11-19(17)25)9-15-2-1-6-24-15/h1-8,12,17,19H,9-11H2. The van der Waals surface area contributed by atoms with E-state index in [2.05, 4.69) is 4.90 Å². The van der Waals surface area contributed by atoms with Gasteiger partial charge in [-0.05, 0) is 41.5 Å². The molecule has 2 aliphatic heterocycles. The van der Waals surface area contributed by atoms with Gasteiger partial charge in [-0.15, -0.1) is 0 Å². The van der Waals surface area contributed by atoms with Gasteiger partial charge in [-0.25, -0.2) is 8.42 Å². The van der Waals surface area contributed by atoms with E-state index in [-0.39, 0.29) is 11.2 Å². The third-order valence-electron chi connectivity index (χ3n) is 5.27. The van der Waals surface area contributed by atoms with Crippen molar-refractivity contribution in [1.29, 1.82) is 0 Å². The number of hydrogen-bond acceptors (Lipinski definition) is 5. The van der Waals surface area contributed by atoms with Gasteiger partial charge in [-0.2, -0.15) is 0 Å². The summed E-state index contributed by atoms with van der Waals surface area (Å²) in [6.07, 6.45) is 4.96. The lowest BCUT2D eigenvalue weighted by atomic mass is 9.95. The molecule has 0 spiro atoms. The van der Waals surface area contributed by atoms with Crippen molar-refractivity contribution in [2.75, 3.05) is 13.1 Å². The molecule has 1 saturated heterocycles. The largest absolute Gasteiger partial charge is 0.472 e. The van der Waals surface area contributed by atoms with E-state index < -0.39 is 9.84 Å². The molecule has 0 aliphatic carbocycles. The maximum absolute atomic E-state index is 12.9. The normalized spacial score (nSPS) is 24.3. The number of benzene rings is 1. The van der Waals surface area contributed by atoms with Gasteiger partial charge in [0.15, 0.2) is 9.84 Å². The Balaban J connectivity index is 1.51. The lowest BCUT2D eigenvalue weighted by Crippen LogP contribution is -2.25. The van der Waals surface area contributed by atoms with Gasteiger partial charge >= 0.3 is 0 Å². The molecule has 0 radical (unpaired) electrons. The number of fused-ring (bicyclic) bond motifs is 3. The van der Waals surface area contributed by atoms with Gasteiger partial charge in [0.25, 0.3) is 0 Å². The number of sulfone groups is 1. The van der Waals surface area contributed by atoms with E-state index in [1.54, 1.807) is 24.9 Å². The zero-order chi connectivity index (χ0) is 17.0. The number of rotatable bonds is 3. The molecular weight excluding hydrogens is 338 g/mol. The van der Waals surface area contributed by atoms with Crippen LogP contribution in [0, 0.1) is 0 Å². The summed E-state index contributed by atoms with van der Waals surface area (Å²) < 4.78 is 36.4. The predicted molar refractivity (Wildman–Crippen MR) is 91.8 cm³/mol. The van der Waals surface area contributed by atoms with Crippen LogP contribution in [-0.2, 0) is 16.4 Å². The fraction of sp³-hybridized carbons (Fsp3) is 0.263. The minimum Gasteiger partial charge on any atom is -0.472 e. The molecule has 2 unspecified atom stereocenters. The first-order valence-corrected chi connectivity index (χ1v) is 9.83. The van der Waals surface area contributed by atoms with Gasteiger partial charge in [0, 0.05) is 24.6 Å². The average molecular weight is 355 g/mol. The van der Waals surface area contributed by atoms with Crippen molar-refractivity contribution >= 4 is 9.84 Å². The first kappa shape index (κ1) is 15.0. The van der Waals surface area contributed by atoms with Crippen LogP contribution in [0.3, 0.4) is 0 Å². The van der Waals surface area contributed by atoms with Crippen LogP contribution in [0.1, 0.15) is 17.2 Å². The summed E-state index contributed by atoms with van der Waals surface area (Å²) >= 11 is 0. The summed E-state index contributed by atoms with van der Waals surface area (Å²) in [5, 5.41) is -0.364. The molecule has 4 heterocycles. The maximum atomic E-state index is 12.9. The second-order valence-corrected chi connectivity index (χ2v) is 8.86. The van der Waals surface area contributed by atoms with Crippen molar-refractivity contribution in [3.8, 4) is 11.1 Å². The zero-order valence-corrected chi connectivity index (χ0v) is 14.3. The highest BCUT2D eigenvalue weighted by atomic mass is 32.2. The molecular formula is C19H17NO4S. The van der Waals surface area contributed by atoms with Crippen LogP contribution in [0.25, 0.3) is 11.1 Å². The summed E-state index contributed by atoms with van der Waals surface area (Å²) in [5.74, 6) is 0.881. The molecule has 2 aliphatic rings. The van der Waals surface area contributed by atoms with E-state index in [0.29, 0.717) is 18.0 Å². The molecule has 5 nitrogen and oxygen atoms in total. The van der Waals surface area contributed by atoms with Crippen LogP contribution in [0.5, 0.6) is 0 Å². The Hall–Kier alpha value is -2.31. The number of hydrogen-bond donors (Lipinski definition) is 0. The van der Waals surface area contributed by atoms with E-state index >= 15 is 0 Å². The Morgan fingerprint density at radius 1 is 1.08 bits per heavy atom. The number of furan rings is 2. The molecule has 128 valence electrons. The monoisotopic (exact) mass is 355 g/mol. The van der Waals surface area contributed by atoms with Gasteiger partial charge in [0.2, 0.25) is 0 Å². The Morgan fingerprint density at radius 3 is 2.76 bits per heavy atom. The molecule has 3 aromatic rings. The smallest absolute Gasteiger partial charge is 0.183 e. The molecule has 1 fully saturated rings. The quantitative estimate of drug-likeness (QED) is 0.721. The lowest BCUT2D eigenvalue weighted by molar-refractivity contribution is 0.293. The second kappa shape index (κ2) is 5.34. The summed E-state index contributed by atoms with van der Waals surface area (Å²) in [5.41, 5.74) is 2.90. The fourth-order valence-corrected chi connectivity index (χ4v) is 6.28. The van der Waals surface area contributed by atoms with Crippen molar-refractivity contribution in [3.05, 3.63) is 66.5 Å². The Labute approximate surface area is 145 Å². The third-order valence-corrected chi connectivity index (χ3v) is 7.53. The summed E-state index contributed by atoms with van der Waals surface area (Å²) in [7, 11) is -3.28. The minimum absolute atomic E-state index is 0.0156. The first-order chi connectivity index (χ1) is 12.1. The SMILES string of the molecule is O=S1(=O)c2ccc(-c3ccoc3)cc2C2CN(Cc3ccco3)CC21. The van der Waals surface area contributed by atoms with Crippen molar-refractivity contribution in [2.45, 2.75) is 22.6 Å². The van der Waals surface area contributed by atoms with Gasteiger partial charge in [0.05, 0.1) is 35.5 Å². The highest BCUT2D eigenvalue weighted by Gasteiger charge is 2.50. The van der Waals surface area contributed by atoms with Crippen LogP contribution in [0.4, 0.5) is 0 Å². The first-order valence-electron chi connectivity index (χ1n) is 8.28. The maximum Gasteiger partial charge on any atom is 0.183 e. The fourth-order valence-electron chi connectivity index (χ4n) is 4.09. The lowest BCUT2D eigenvalue weighted by Gasteiger charge is -2.16. The molecule has 0 N–H and O–H groups in total. The summed E-state index contributed by atoms with van der Waals surface area (Å²) in [4.78, 5) is 2.66. The van der Waals surface area contributed by atoms with Crippen LogP contribution >= 0.6 is 0 Å². The summed E-state index contributed by atoms with van der Waals surface area (Å²) in [6, 6.07) is 11.3. The Morgan fingerprint density at radius 2 is 2.00 bits per heavy atom. The molecule has 0 bridgehead atoms. The van der Waals surface area contributed by atoms with E-state index in [1.165, 1.54) is 0 Å². The van der Waals surface area contributed by atoms with Crippen LogP contribution in [0.15, 0.2) is 68.9 Å². The van der Waals surface area contributed by atoms with Gasteiger partial charge in [-0.3, -0.25) is 4.90 Å². The van der Waals surface area contributed by atoms with Crippen LogP contribution in [-0.4, -0.2) is 31.7 Å². The highest BCUT2D eigenvalue weighted by molar-refractivity contribution is 7.92. The zero-order valence-electron chi connectivity index (χ0n) is 13.5. The minimum atomic E-state index is -3.28. The predicted octanol–water partition coefficient (Wildman–Crippen LogP) is 3.29. The molecule has 25 heavy (non-hydrogen) atoms. The number of nitrogens with zero attached hydrogens (tertiary/aromatic N) is 1. The molecule has 2 aromatic heterocycles. The topological polar surface area (TPSA) is 63.7 Å². The van der Waals surface area contributed by atoms with Crippen molar-refractivity contribution in [1.82, 2.24) is 4.90 Å².